The zero-order chi connectivity index (χ0) is 12.0. The lowest BCUT2D eigenvalue weighted by Crippen LogP contribution is -2.23. The first-order valence-electron chi connectivity index (χ1n) is 4.76. The van der Waals surface area contributed by atoms with E-state index in [1.807, 2.05) is 0 Å². The third kappa shape index (κ3) is 3.53. The minimum absolute atomic E-state index is 0.226. The predicted molar refractivity (Wildman–Crippen MR) is 61.1 cm³/mol. The summed E-state index contributed by atoms with van der Waals surface area (Å²) in [6.07, 6.45) is 3.06. The maximum absolute atomic E-state index is 11.5. The Balaban J connectivity index is 2.77. The number of nitrogens with zero attached hydrogens (tertiary/aromatic N) is 1. The van der Waals surface area contributed by atoms with Crippen LogP contribution in [0.15, 0.2) is 31.0 Å². The highest BCUT2D eigenvalue weighted by atomic mass is 16.2. The van der Waals surface area contributed by atoms with E-state index in [9.17, 15) is 9.59 Å². The monoisotopic (exact) mass is 219 g/mol. The van der Waals surface area contributed by atoms with Crippen LogP contribution in [0.4, 0.5) is 5.82 Å². The molecule has 5 heteroatoms. The van der Waals surface area contributed by atoms with E-state index in [1.54, 1.807) is 12.1 Å². The molecule has 0 atom stereocenters. The summed E-state index contributed by atoms with van der Waals surface area (Å²) in [7, 11) is 0. The molecule has 1 rings (SSSR count). The molecule has 0 unspecified atom stereocenters. The van der Waals surface area contributed by atoms with Crippen LogP contribution >= 0.6 is 0 Å². The summed E-state index contributed by atoms with van der Waals surface area (Å²) in [5.74, 6) is -0.0937. The van der Waals surface area contributed by atoms with Crippen LogP contribution in [-0.2, 0) is 4.79 Å². The first kappa shape index (κ1) is 11.9. The van der Waals surface area contributed by atoms with E-state index in [0.717, 1.165) is 0 Å². The van der Waals surface area contributed by atoms with Gasteiger partial charge in [-0.25, -0.2) is 4.98 Å². The van der Waals surface area contributed by atoms with Gasteiger partial charge in [0.15, 0.2) is 0 Å². The van der Waals surface area contributed by atoms with Crippen molar-refractivity contribution in [3.63, 3.8) is 0 Å². The van der Waals surface area contributed by atoms with Crippen LogP contribution in [0.25, 0.3) is 0 Å². The van der Waals surface area contributed by atoms with Gasteiger partial charge in [0.05, 0.1) is 0 Å². The highest BCUT2D eigenvalue weighted by Crippen LogP contribution is 2.06. The second-order valence-corrected chi connectivity index (χ2v) is 3.11. The number of hydrogen-bond donors (Lipinski definition) is 2. The van der Waals surface area contributed by atoms with Gasteiger partial charge in [0, 0.05) is 25.2 Å². The summed E-state index contributed by atoms with van der Waals surface area (Å²) in [4.78, 5) is 26.3. The summed E-state index contributed by atoms with van der Waals surface area (Å²) >= 11 is 0. The zero-order valence-corrected chi connectivity index (χ0v) is 8.99. The molecule has 5 nitrogen and oxygen atoms in total. The molecule has 0 bridgehead atoms. The highest BCUT2D eigenvalue weighted by molar-refractivity contribution is 5.96. The van der Waals surface area contributed by atoms with E-state index in [0.29, 0.717) is 17.9 Å². The molecule has 2 N–H and O–H groups in total. The molecule has 0 radical (unpaired) electrons. The predicted octanol–water partition coefficient (Wildman–Crippen LogP) is 0.956. The van der Waals surface area contributed by atoms with E-state index >= 15 is 0 Å². The van der Waals surface area contributed by atoms with Gasteiger partial charge in [-0.3, -0.25) is 9.59 Å². The molecule has 1 aromatic rings. The number of carbonyl (C=O) groups excluding carboxylic acids is 2. The Kier molecular flexibility index (Phi) is 4.20. The molecule has 0 saturated heterocycles. The molecule has 0 aliphatic rings. The van der Waals surface area contributed by atoms with Crippen LogP contribution in [0.5, 0.6) is 0 Å². The smallest absolute Gasteiger partial charge is 0.251 e. The number of carbonyl (C=O) groups is 2. The lowest BCUT2D eigenvalue weighted by Gasteiger charge is -2.04. The van der Waals surface area contributed by atoms with Crippen molar-refractivity contribution in [3.05, 3.63) is 36.5 Å². The third-order valence-electron chi connectivity index (χ3n) is 1.73. The Labute approximate surface area is 93.6 Å². The van der Waals surface area contributed by atoms with E-state index < -0.39 is 0 Å². The number of aromatic nitrogens is 1. The summed E-state index contributed by atoms with van der Waals surface area (Å²) in [5.41, 5.74) is 0.445. The van der Waals surface area contributed by atoms with Crippen molar-refractivity contribution in [1.29, 1.82) is 0 Å². The Hall–Kier alpha value is -2.17. The van der Waals surface area contributed by atoms with E-state index in [2.05, 4.69) is 22.2 Å². The number of rotatable bonds is 4. The standard InChI is InChI=1S/C11H13N3O2/c1-3-5-13-11(16)9-4-6-12-10(7-9)14-8(2)15/h3-4,6-7H,1,5H2,2H3,(H,13,16)(H,12,14,15). The molecule has 0 aromatic carbocycles. The SMILES string of the molecule is C=CCNC(=O)c1ccnc(NC(C)=O)c1. The van der Waals surface area contributed by atoms with Crippen molar-refractivity contribution in [1.82, 2.24) is 10.3 Å². The van der Waals surface area contributed by atoms with Gasteiger partial charge in [-0.05, 0) is 12.1 Å². The van der Waals surface area contributed by atoms with Crippen molar-refractivity contribution >= 4 is 17.6 Å². The Morgan fingerprint density at radius 3 is 2.94 bits per heavy atom. The van der Waals surface area contributed by atoms with Gasteiger partial charge in [-0.2, -0.15) is 0 Å². The van der Waals surface area contributed by atoms with Gasteiger partial charge in [-0.15, -0.1) is 6.58 Å². The fourth-order valence-electron chi connectivity index (χ4n) is 1.09. The fourth-order valence-corrected chi connectivity index (χ4v) is 1.09. The molecule has 1 heterocycles. The van der Waals surface area contributed by atoms with E-state index in [4.69, 9.17) is 0 Å². The largest absolute Gasteiger partial charge is 0.349 e. The van der Waals surface area contributed by atoms with Crippen LogP contribution in [-0.4, -0.2) is 23.3 Å². The first-order chi connectivity index (χ1) is 7.63. The molecule has 0 saturated carbocycles. The van der Waals surface area contributed by atoms with Crippen LogP contribution in [0, 0.1) is 0 Å². The van der Waals surface area contributed by atoms with Gasteiger partial charge in [0.25, 0.3) is 5.91 Å². The van der Waals surface area contributed by atoms with Crippen molar-refractivity contribution in [3.8, 4) is 0 Å². The second-order valence-electron chi connectivity index (χ2n) is 3.11. The topological polar surface area (TPSA) is 71.1 Å². The lowest BCUT2D eigenvalue weighted by atomic mass is 10.2. The van der Waals surface area contributed by atoms with Crippen molar-refractivity contribution in [2.75, 3.05) is 11.9 Å². The Morgan fingerprint density at radius 1 is 1.56 bits per heavy atom. The van der Waals surface area contributed by atoms with E-state index in [-0.39, 0.29) is 11.8 Å². The van der Waals surface area contributed by atoms with Gasteiger partial charge in [-0.1, -0.05) is 6.08 Å². The summed E-state index contributed by atoms with van der Waals surface area (Å²) < 4.78 is 0. The normalized spacial score (nSPS) is 9.31. The number of pyridine rings is 1. The minimum Gasteiger partial charge on any atom is -0.349 e. The van der Waals surface area contributed by atoms with Crippen molar-refractivity contribution in [2.45, 2.75) is 6.92 Å². The maximum atomic E-state index is 11.5. The average Bonchev–Trinajstić information content (AvgIpc) is 2.25. The Bertz CT molecular complexity index is 415. The van der Waals surface area contributed by atoms with Crippen molar-refractivity contribution < 1.29 is 9.59 Å². The second kappa shape index (κ2) is 5.65. The number of amides is 2. The third-order valence-corrected chi connectivity index (χ3v) is 1.73. The summed E-state index contributed by atoms with van der Waals surface area (Å²) in [5, 5.41) is 5.14. The van der Waals surface area contributed by atoms with Gasteiger partial charge in [0.2, 0.25) is 5.91 Å². The molecule has 0 aliphatic carbocycles. The molecule has 1 aromatic heterocycles. The summed E-state index contributed by atoms with van der Waals surface area (Å²) in [6, 6.07) is 3.09. The highest BCUT2D eigenvalue weighted by Gasteiger charge is 2.05. The number of hydrogen-bond acceptors (Lipinski definition) is 3. The molecule has 0 spiro atoms. The van der Waals surface area contributed by atoms with Crippen LogP contribution in [0.3, 0.4) is 0 Å². The molecular weight excluding hydrogens is 206 g/mol. The number of anilines is 1. The quantitative estimate of drug-likeness (QED) is 0.741. The van der Waals surface area contributed by atoms with Crippen LogP contribution in [0.1, 0.15) is 17.3 Å². The van der Waals surface area contributed by atoms with Gasteiger partial charge in [0.1, 0.15) is 5.82 Å². The molecule has 84 valence electrons. The first-order valence-corrected chi connectivity index (χ1v) is 4.76. The molecule has 16 heavy (non-hydrogen) atoms. The maximum Gasteiger partial charge on any atom is 0.251 e. The molecule has 0 fully saturated rings. The van der Waals surface area contributed by atoms with Crippen LogP contribution in [0.2, 0.25) is 0 Å². The zero-order valence-electron chi connectivity index (χ0n) is 8.99. The molecule has 2 amide bonds. The van der Waals surface area contributed by atoms with E-state index in [1.165, 1.54) is 19.2 Å². The van der Waals surface area contributed by atoms with Crippen molar-refractivity contribution in [2.24, 2.45) is 0 Å². The minimum atomic E-state index is -0.228. The molecular formula is C11H13N3O2. The van der Waals surface area contributed by atoms with Gasteiger partial charge < -0.3 is 10.6 Å². The summed E-state index contributed by atoms with van der Waals surface area (Å²) in [6.45, 7) is 5.28. The van der Waals surface area contributed by atoms with Crippen LogP contribution < -0.4 is 10.6 Å². The Morgan fingerprint density at radius 2 is 2.31 bits per heavy atom. The fraction of sp³-hybridized carbons (Fsp3) is 0.182. The lowest BCUT2D eigenvalue weighted by molar-refractivity contribution is -0.114. The number of nitrogens with one attached hydrogen (secondary N) is 2. The average molecular weight is 219 g/mol. The van der Waals surface area contributed by atoms with Gasteiger partial charge >= 0.3 is 0 Å². The molecule has 0 aliphatic heterocycles.